The first kappa shape index (κ1) is 21.2. The molecular weight excluding hydrogens is 332 g/mol. The van der Waals surface area contributed by atoms with E-state index in [1.165, 1.54) is 9.79 Å². The molecule has 0 radical (unpaired) electrons. The van der Waals surface area contributed by atoms with Gasteiger partial charge in [-0.1, -0.05) is 37.2 Å². The molecule has 0 aliphatic carbocycles. The minimum Gasteiger partial charge on any atom is -0.400 e. The van der Waals surface area contributed by atoms with E-state index in [0.717, 1.165) is 23.2 Å². The Balaban J connectivity index is 0.000000728. The lowest BCUT2D eigenvalue weighted by atomic mass is 10.3. The van der Waals surface area contributed by atoms with Gasteiger partial charge in [0.1, 0.15) is 12.4 Å². The summed E-state index contributed by atoms with van der Waals surface area (Å²) >= 11 is 7.57. The number of nitrogens with one attached hydrogen (secondary N) is 1. The molecule has 0 aliphatic rings. The van der Waals surface area contributed by atoms with Crippen LogP contribution in [0.3, 0.4) is 0 Å². The van der Waals surface area contributed by atoms with E-state index in [0.29, 0.717) is 0 Å². The Labute approximate surface area is 145 Å². The SMILES string of the molecule is C=O.CC.CO.Clc1ccc(Sc2c[nH]c3ncccc23)cc1. The summed E-state index contributed by atoms with van der Waals surface area (Å²) in [6, 6.07) is 11.8. The number of carbonyl (C=O) groups is 1. The van der Waals surface area contributed by atoms with Gasteiger partial charge in [0.15, 0.2) is 0 Å². The fourth-order valence-corrected chi connectivity index (χ4v) is 2.69. The van der Waals surface area contributed by atoms with Gasteiger partial charge in [0.2, 0.25) is 0 Å². The lowest BCUT2D eigenvalue weighted by Crippen LogP contribution is -1.74. The summed E-state index contributed by atoms with van der Waals surface area (Å²) in [6.07, 6.45) is 3.77. The molecule has 6 heteroatoms. The quantitative estimate of drug-likeness (QED) is 0.694. The van der Waals surface area contributed by atoms with Gasteiger partial charge in [-0.25, -0.2) is 4.98 Å². The molecule has 4 nitrogen and oxygen atoms in total. The molecule has 3 aromatic rings. The van der Waals surface area contributed by atoms with E-state index in [1.807, 2.05) is 57.2 Å². The summed E-state index contributed by atoms with van der Waals surface area (Å²) in [5.74, 6) is 0. The molecule has 0 atom stereocenters. The second kappa shape index (κ2) is 12.7. The molecule has 23 heavy (non-hydrogen) atoms. The number of aliphatic hydroxyl groups is 1. The van der Waals surface area contributed by atoms with Crippen LogP contribution in [0.2, 0.25) is 5.02 Å². The Morgan fingerprint density at radius 1 is 1.13 bits per heavy atom. The Morgan fingerprint density at radius 2 is 1.74 bits per heavy atom. The number of carbonyl (C=O) groups excluding carboxylic acids is 1. The van der Waals surface area contributed by atoms with Crippen molar-refractivity contribution in [1.82, 2.24) is 9.97 Å². The molecule has 2 aromatic heterocycles. The molecule has 0 saturated carbocycles. The molecule has 0 aliphatic heterocycles. The molecular formula is C17H21ClN2O2S. The topological polar surface area (TPSA) is 66.0 Å². The molecule has 1 aromatic carbocycles. The maximum atomic E-state index is 8.00. The highest BCUT2D eigenvalue weighted by Gasteiger charge is 2.05. The number of hydrogen-bond acceptors (Lipinski definition) is 4. The zero-order valence-electron chi connectivity index (χ0n) is 13.4. The maximum absolute atomic E-state index is 8.00. The molecule has 124 valence electrons. The monoisotopic (exact) mass is 352 g/mol. The van der Waals surface area contributed by atoms with E-state index in [1.54, 1.807) is 18.0 Å². The predicted molar refractivity (Wildman–Crippen MR) is 98.3 cm³/mol. The summed E-state index contributed by atoms with van der Waals surface area (Å²) < 4.78 is 0. The highest BCUT2D eigenvalue weighted by atomic mass is 35.5. The number of benzene rings is 1. The average molecular weight is 353 g/mol. The summed E-state index contributed by atoms with van der Waals surface area (Å²) in [6.45, 7) is 6.00. The standard InChI is InChI=1S/C13H9ClN2S.C2H6.CH4O.CH2O/c14-9-3-5-10(6-4-9)17-12-8-16-13-11(12)2-1-7-15-13;3*1-2/h1-8H,(H,15,16);1-2H3;2H,1H3;1H2. The summed E-state index contributed by atoms with van der Waals surface area (Å²) in [5.41, 5.74) is 0.920. The van der Waals surface area contributed by atoms with Gasteiger partial charge in [0, 0.05) is 39.7 Å². The lowest BCUT2D eigenvalue weighted by Gasteiger charge is -1.99. The zero-order chi connectivity index (χ0) is 17.7. The molecule has 3 rings (SSSR count). The lowest BCUT2D eigenvalue weighted by molar-refractivity contribution is -0.0979. The summed E-state index contributed by atoms with van der Waals surface area (Å²) in [4.78, 5) is 17.8. The fourth-order valence-electron chi connectivity index (χ4n) is 1.64. The molecule has 0 fully saturated rings. The van der Waals surface area contributed by atoms with Gasteiger partial charge in [-0.05, 0) is 36.4 Å². The van der Waals surface area contributed by atoms with E-state index in [-0.39, 0.29) is 0 Å². The van der Waals surface area contributed by atoms with E-state index in [2.05, 4.69) is 16.0 Å². The van der Waals surface area contributed by atoms with Gasteiger partial charge in [-0.15, -0.1) is 0 Å². The molecule has 0 saturated heterocycles. The number of aromatic nitrogens is 2. The van der Waals surface area contributed by atoms with Crippen molar-refractivity contribution in [2.24, 2.45) is 0 Å². The first-order valence-electron chi connectivity index (χ1n) is 6.92. The average Bonchev–Trinajstić information content (AvgIpc) is 3.05. The van der Waals surface area contributed by atoms with Crippen LogP contribution in [0, 0.1) is 0 Å². The van der Waals surface area contributed by atoms with Gasteiger partial charge in [-0.3, -0.25) is 0 Å². The number of fused-ring (bicyclic) bond motifs is 1. The predicted octanol–water partition coefficient (Wildman–Crippen LogP) is 4.82. The van der Waals surface area contributed by atoms with Gasteiger partial charge >= 0.3 is 0 Å². The van der Waals surface area contributed by atoms with Crippen molar-refractivity contribution in [2.75, 3.05) is 7.11 Å². The number of pyridine rings is 1. The second-order valence-electron chi connectivity index (χ2n) is 3.61. The van der Waals surface area contributed by atoms with E-state index in [9.17, 15) is 0 Å². The zero-order valence-corrected chi connectivity index (χ0v) is 15.0. The highest BCUT2D eigenvalue weighted by Crippen LogP contribution is 2.33. The Bertz CT molecular complexity index is 672. The number of aliphatic hydroxyl groups excluding tert-OH is 1. The van der Waals surface area contributed by atoms with Crippen LogP contribution in [-0.4, -0.2) is 29.0 Å². The van der Waals surface area contributed by atoms with Crippen LogP contribution in [0.1, 0.15) is 13.8 Å². The van der Waals surface area contributed by atoms with Crippen molar-refractivity contribution >= 4 is 41.2 Å². The van der Waals surface area contributed by atoms with Crippen LogP contribution in [0.15, 0.2) is 58.6 Å². The Kier molecular flexibility index (Phi) is 11.7. The van der Waals surface area contributed by atoms with Crippen molar-refractivity contribution in [2.45, 2.75) is 23.6 Å². The van der Waals surface area contributed by atoms with Crippen molar-refractivity contribution in [1.29, 1.82) is 0 Å². The molecule has 0 unspecified atom stereocenters. The minimum absolute atomic E-state index is 0.759. The highest BCUT2D eigenvalue weighted by molar-refractivity contribution is 7.99. The molecule has 2 N–H and O–H groups in total. The minimum atomic E-state index is 0.759. The van der Waals surface area contributed by atoms with Gasteiger partial charge in [0.05, 0.1) is 0 Å². The van der Waals surface area contributed by atoms with Crippen LogP contribution in [-0.2, 0) is 4.79 Å². The van der Waals surface area contributed by atoms with Crippen LogP contribution in [0.5, 0.6) is 0 Å². The fraction of sp³-hybridized carbons (Fsp3) is 0.176. The van der Waals surface area contributed by atoms with E-state index < -0.39 is 0 Å². The normalized spacial score (nSPS) is 8.74. The van der Waals surface area contributed by atoms with E-state index in [4.69, 9.17) is 21.5 Å². The molecule has 0 spiro atoms. The Morgan fingerprint density at radius 3 is 2.35 bits per heavy atom. The van der Waals surface area contributed by atoms with Gasteiger partial charge in [0.25, 0.3) is 0 Å². The van der Waals surface area contributed by atoms with Crippen molar-refractivity contribution in [3.63, 3.8) is 0 Å². The maximum Gasteiger partial charge on any atom is 0.138 e. The van der Waals surface area contributed by atoms with Gasteiger partial charge in [-0.2, -0.15) is 0 Å². The first-order valence-corrected chi connectivity index (χ1v) is 8.11. The first-order chi connectivity index (χ1) is 11.3. The van der Waals surface area contributed by atoms with Crippen LogP contribution >= 0.6 is 23.4 Å². The Hall–Kier alpha value is -1.82. The molecule has 0 bridgehead atoms. The number of hydrogen-bond donors (Lipinski definition) is 2. The second-order valence-corrected chi connectivity index (χ2v) is 5.16. The van der Waals surface area contributed by atoms with Gasteiger partial charge < -0.3 is 14.9 Å². The van der Waals surface area contributed by atoms with Crippen molar-refractivity contribution in [3.8, 4) is 0 Å². The number of nitrogens with zero attached hydrogens (tertiary/aromatic N) is 1. The number of aromatic amines is 1. The number of halogens is 1. The molecule has 2 heterocycles. The van der Waals surface area contributed by atoms with Crippen molar-refractivity contribution in [3.05, 3.63) is 53.8 Å². The van der Waals surface area contributed by atoms with Crippen molar-refractivity contribution < 1.29 is 9.90 Å². The molecule has 0 amide bonds. The number of rotatable bonds is 2. The van der Waals surface area contributed by atoms with Crippen LogP contribution < -0.4 is 0 Å². The summed E-state index contributed by atoms with van der Waals surface area (Å²) in [5, 5.41) is 8.90. The van der Waals surface area contributed by atoms with Crippen LogP contribution in [0.25, 0.3) is 11.0 Å². The van der Waals surface area contributed by atoms with Crippen LogP contribution in [0.4, 0.5) is 0 Å². The third-order valence-corrected chi connectivity index (χ3v) is 3.77. The smallest absolute Gasteiger partial charge is 0.138 e. The number of H-pyrrole nitrogens is 1. The largest absolute Gasteiger partial charge is 0.400 e. The third kappa shape index (κ3) is 6.44. The third-order valence-electron chi connectivity index (χ3n) is 2.45. The van der Waals surface area contributed by atoms with E-state index >= 15 is 0 Å². The summed E-state index contributed by atoms with van der Waals surface area (Å²) in [7, 11) is 1.00.